The summed E-state index contributed by atoms with van der Waals surface area (Å²) in [7, 11) is 0. The fourth-order valence-corrected chi connectivity index (χ4v) is 12.8. The van der Waals surface area contributed by atoms with Crippen molar-refractivity contribution in [3.63, 3.8) is 0 Å². The predicted molar refractivity (Wildman–Crippen MR) is 292 cm³/mol. The van der Waals surface area contributed by atoms with Gasteiger partial charge < -0.3 is 66.5 Å². The van der Waals surface area contributed by atoms with E-state index < -0.39 is 170 Å². The van der Waals surface area contributed by atoms with Crippen molar-refractivity contribution < 1.29 is 81.1 Å². The molecule has 446 valence electrons. The first-order chi connectivity index (χ1) is 39.6. The Morgan fingerprint density at radius 2 is 1.37 bits per heavy atom. The Kier molecular flexibility index (Phi) is 19.2. The Labute approximate surface area is 477 Å². The first kappa shape index (κ1) is 61.5. The number of hydrogen-bond donors (Lipinski definition) is 9. The van der Waals surface area contributed by atoms with Gasteiger partial charge in [0, 0.05) is 29.6 Å². The second kappa shape index (κ2) is 25.9. The fourth-order valence-electron chi connectivity index (χ4n) is 12.8. The van der Waals surface area contributed by atoms with E-state index in [0.717, 1.165) is 22.8 Å². The number of Topliss-reactive ketones (excluding diaryl/α,β-unsaturated/α-hetero) is 1. The molecule has 2 aromatic carbocycles. The van der Waals surface area contributed by atoms with Crippen LogP contribution in [0.3, 0.4) is 0 Å². The molecular formula is C58H70F2N8O15. The lowest BCUT2D eigenvalue weighted by Crippen LogP contribution is -2.71. The van der Waals surface area contributed by atoms with Crippen molar-refractivity contribution in [3.8, 4) is 0 Å². The number of allylic oxidation sites excluding steroid dienone is 4. The number of para-hydroxylation sites is 1. The molecule has 8 rings (SSSR count). The molecule has 4 fully saturated rings. The lowest BCUT2D eigenvalue weighted by atomic mass is 9.44. The average Bonchev–Trinajstić information content (AvgIpc) is 1.64. The summed E-state index contributed by atoms with van der Waals surface area (Å²) in [6.45, 7) is 0.415. The third kappa shape index (κ3) is 12.7. The summed E-state index contributed by atoms with van der Waals surface area (Å²) < 4.78 is 52.2. The number of nitrogens with zero attached hydrogens (tertiary/aromatic N) is 1. The molecule has 1 saturated heterocycles. The topological polar surface area (TPSA) is 326 Å². The van der Waals surface area contributed by atoms with Gasteiger partial charge in [-0.25, -0.2) is 8.78 Å². The van der Waals surface area contributed by atoms with E-state index in [2.05, 4.69) is 37.2 Å². The maximum Gasteiger partial charge on any atom is 0.245 e. The number of aliphatic hydroxyl groups excluding tert-OH is 2. The third-order valence-electron chi connectivity index (χ3n) is 16.9. The van der Waals surface area contributed by atoms with Gasteiger partial charge in [-0.15, -0.1) is 0 Å². The molecule has 9 N–H and O–H groups in total. The van der Waals surface area contributed by atoms with Gasteiger partial charge in [-0.3, -0.25) is 47.9 Å². The van der Waals surface area contributed by atoms with Gasteiger partial charge in [-0.2, -0.15) is 0 Å². The fraction of sp³-hybridized carbons (Fsp3) is 0.517. The van der Waals surface area contributed by atoms with Crippen molar-refractivity contribution in [2.75, 3.05) is 57.6 Å². The molecule has 6 aliphatic rings. The van der Waals surface area contributed by atoms with Crippen LogP contribution in [0.15, 0.2) is 72.3 Å². The van der Waals surface area contributed by atoms with Crippen molar-refractivity contribution in [1.82, 2.24) is 37.2 Å². The first-order valence-corrected chi connectivity index (χ1v) is 27.7. The monoisotopic (exact) mass is 1160 g/mol. The number of ether oxygens (including phenoxy) is 3. The van der Waals surface area contributed by atoms with Crippen LogP contribution in [0.2, 0.25) is 0 Å². The average molecular weight is 1160 g/mol. The van der Waals surface area contributed by atoms with Gasteiger partial charge in [0.1, 0.15) is 25.6 Å². The van der Waals surface area contributed by atoms with Gasteiger partial charge in [0.25, 0.3) is 0 Å². The van der Waals surface area contributed by atoms with Crippen molar-refractivity contribution in [2.45, 2.75) is 114 Å². The molecule has 1 unspecified atom stereocenters. The Morgan fingerprint density at radius 3 is 2.02 bits per heavy atom. The summed E-state index contributed by atoms with van der Waals surface area (Å²) in [4.78, 5) is 129. The number of carbonyl (C=O) groups is 10. The maximum atomic E-state index is 17.8. The molecule has 0 radical (unpaired) electrons. The van der Waals surface area contributed by atoms with Crippen LogP contribution in [0.1, 0.15) is 82.4 Å². The van der Waals surface area contributed by atoms with E-state index in [-0.39, 0.29) is 50.1 Å². The molecule has 4 aliphatic carbocycles. The maximum absolute atomic E-state index is 17.8. The molecule has 11 atom stereocenters. The number of hydrogen-bond acceptors (Lipinski definition) is 15. The predicted octanol–water partition coefficient (Wildman–Crippen LogP) is 0.410. The van der Waals surface area contributed by atoms with Crippen LogP contribution in [0.25, 0.3) is 12.2 Å². The Bertz CT molecular complexity index is 2990. The first-order valence-electron chi connectivity index (χ1n) is 27.7. The number of alkyl halides is 2. The Morgan fingerprint density at radius 1 is 0.771 bits per heavy atom. The molecule has 0 aromatic heterocycles. The number of carbonyl (C=O) groups excluding carboxylic acids is 10. The molecule has 2 aromatic rings. The van der Waals surface area contributed by atoms with E-state index in [9.17, 15) is 58.2 Å². The summed E-state index contributed by atoms with van der Waals surface area (Å²) in [5.74, 6) is -8.75. The summed E-state index contributed by atoms with van der Waals surface area (Å²) >= 11 is 0. The molecule has 23 nitrogen and oxygen atoms in total. The lowest BCUT2D eigenvalue weighted by molar-refractivity contribution is -0.235. The molecule has 2 aliphatic heterocycles. The highest BCUT2D eigenvalue weighted by Crippen LogP contribution is 2.72. The second-order valence-corrected chi connectivity index (χ2v) is 22.0. The quantitative estimate of drug-likeness (QED) is 0.0538. The number of amides is 8. The van der Waals surface area contributed by atoms with Crippen molar-refractivity contribution in [2.24, 2.45) is 22.7 Å². The van der Waals surface area contributed by atoms with Crippen LogP contribution in [0, 0.1) is 22.7 Å². The zero-order valence-corrected chi connectivity index (χ0v) is 46.3. The van der Waals surface area contributed by atoms with Gasteiger partial charge in [-0.1, -0.05) is 81.0 Å². The minimum Gasteiger partial charge on any atom is -0.394 e. The minimum absolute atomic E-state index is 0.0262. The van der Waals surface area contributed by atoms with Crippen LogP contribution < -0.4 is 42.1 Å². The van der Waals surface area contributed by atoms with Gasteiger partial charge in [0.05, 0.1) is 63.8 Å². The van der Waals surface area contributed by atoms with Crippen LogP contribution in [-0.4, -0.2) is 164 Å². The van der Waals surface area contributed by atoms with Gasteiger partial charge in [-0.05, 0) is 79.0 Å². The third-order valence-corrected chi connectivity index (χ3v) is 16.9. The zero-order chi connectivity index (χ0) is 59.9. The number of fused-ring (bicyclic) bond motifs is 9. The van der Waals surface area contributed by atoms with Gasteiger partial charge in [0.15, 0.2) is 29.1 Å². The molecule has 0 spiro atoms. The van der Waals surface area contributed by atoms with Crippen molar-refractivity contribution in [3.05, 3.63) is 89.0 Å². The standard InChI is InChI=1S/C58H70F2N8O15/c1-4-9-53-82-45-22-37-38-21-40(59)39-20-36(70)18-19-55(39,2)57(38,60)43(71)23-56(37,3)58(45,83-53)44(72)31-81-32-66-51(78)27-64-49(76)25-62-47(74)24-61-48(75)26-63-50(77)28-65-54(80)41(30-69)67-46(73)16-17-52(79)68-29-35-12-6-5-10-33(35)14-15-34-11-7-8-13-42(34)68/h5-8,10-15,18-20,37-38,40-41,43,45,53,69,71H,4,9,16-17,21-32H2,1-3H3,(H,61,75)(H,62,74)(H,63,77)(H,64,76)(H,65,80)(H,66,78)(H,67,73)/b15-14-/t37-,38-,40-,41-,43-,45+,53?,55-,56-,57-,58+/m0/s1. The molecule has 25 heteroatoms. The smallest absolute Gasteiger partial charge is 0.245 e. The van der Waals surface area contributed by atoms with Crippen molar-refractivity contribution >= 4 is 76.7 Å². The molecular weight excluding hydrogens is 1090 g/mol. The van der Waals surface area contributed by atoms with Gasteiger partial charge in [0.2, 0.25) is 47.3 Å². The summed E-state index contributed by atoms with van der Waals surface area (Å²) in [5.41, 5.74) is -3.68. The number of benzene rings is 2. The summed E-state index contributed by atoms with van der Waals surface area (Å²) in [5, 5.41) is 37.6. The Hall–Kier alpha value is -7.58. The highest BCUT2D eigenvalue weighted by molar-refractivity contribution is 6.02. The van der Waals surface area contributed by atoms with E-state index in [1.165, 1.54) is 19.1 Å². The van der Waals surface area contributed by atoms with Gasteiger partial charge >= 0.3 is 0 Å². The highest BCUT2D eigenvalue weighted by atomic mass is 19.1. The van der Waals surface area contributed by atoms with Crippen LogP contribution in [0.4, 0.5) is 14.5 Å². The number of anilines is 1. The lowest BCUT2D eigenvalue weighted by Gasteiger charge is -2.63. The Balaban J connectivity index is 0.696. The van der Waals surface area contributed by atoms with E-state index in [1.54, 1.807) is 17.9 Å². The zero-order valence-electron chi connectivity index (χ0n) is 46.3. The minimum atomic E-state index is -2.38. The summed E-state index contributed by atoms with van der Waals surface area (Å²) in [6, 6.07) is 13.5. The van der Waals surface area contributed by atoms with E-state index in [0.29, 0.717) is 18.5 Å². The number of aliphatic hydroxyl groups is 2. The SMILES string of the molecule is CCCC1O[C@@H]2C[C@H]3[C@@H]4C[C@H](F)C5=CC(=O)C=C[C@]5(C)[C@@]4(F)[C@@H](O)C[C@]3(C)[C@]2(C(=O)COCNC(=O)CNC(=O)CNC(=O)CNC(=O)CNC(=O)CNC(=O)[C@H](CO)NC(=O)CCC(=O)N2Cc3ccccc3/C=C\c3ccccc32)O1. The number of ketones is 2. The van der Waals surface area contributed by atoms with Crippen LogP contribution in [0.5, 0.6) is 0 Å². The van der Waals surface area contributed by atoms with Crippen LogP contribution >= 0.6 is 0 Å². The van der Waals surface area contributed by atoms with E-state index >= 15 is 8.78 Å². The highest BCUT2D eigenvalue weighted by Gasteiger charge is 2.80. The normalized spacial score (nSPS) is 28.7. The molecule has 2 heterocycles. The van der Waals surface area contributed by atoms with Crippen LogP contribution in [-0.2, 0) is 68.7 Å². The second-order valence-electron chi connectivity index (χ2n) is 22.0. The molecule has 0 bridgehead atoms. The number of nitrogens with one attached hydrogen (secondary N) is 7. The molecule has 3 saturated carbocycles. The molecule has 8 amide bonds. The van der Waals surface area contributed by atoms with Crippen molar-refractivity contribution in [1.29, 1.82) is 0 Å². The van der Waals surface area contributed by atoms with E-state index in [4.69, 9.17) is 14.2 Å². The largest absolute Gasteiger partial charge is 0.394 e. The number of halogens is 2. The molecule has 83 heavy (non-hydrogen) atoms. The number of rotatable bonds is 23. The van der Waals surface area contributed by atoms with E-state index in [1.807, 2.05) is 61.5 Å². The summed E-state index contributed by atoms with van der Waals surface area (Å²) in [6.07, 6.45) is 2.58.